The lowest BCUT2D eigenvalue weighted by atomic mass is 10.0. The van der Waals surface area contributed by atoms with Crippen LogP contribution in [0.4, 0.5) is 0 Å². The van der Waals surface area contributed by atoms with Crippen LogP contribution in [0.2, 0.25) is 0 Å². The first-order valence-electron chi connectivity index (χ1n) is 24.0. The molecule has 0 saturated carbocycles. The van der Waals surface area contributed by atoms with E-state index in [4.69, 9.17) is 20.9 Å². The molecule has 422 valence electrons. The first kappa shape index (κ1) is 61.9. The number of hydrogen-bond donors (Lipinski definition) is 14. The molecule has 30 heteroatoms. The van der Waals surface area contributed by atoms with Crippen LogP contribution in [-0.2, 0) is 84.6 Å². The topological polar surface area (TPSA) is 461 Å². The molecule has 0 aromatic heterocycles. The molecule has 0 aliphatic carbocycles. The van der Waals surface area contributed by atoms with Gasteiger partial charge in [0.05, 0.1) is 51.6 Å². The molecule has 3 aliphatic heterocycles. The lowest BCUT2D eigenvalue weighted by molar-refractivity contribution is -0.142. The fourth-order valence-corrected chi connectivity index (χ4v) is 8.22. The predicted molar refractivity (Wildman–Crippen MR) is 271 cm³/mol. The van der Waals surface area contributed by atoms with Gasteiger partial charge in [-0.3, -0.25) is 62.3 Å². The first-order valence-corrected chi connectivity index (χ1v) is 25.1. The highest BCUT2D eigenvalue weighted by Gasteiger charge is 2.36. The Morgan fingerprint density at radius 1 is 0.551 bits per heavy atom. The summed E-state index contributed by atoms with van der Waals surface area (Å²) in [4.78, 5) is 173. The molecule has 0 radical (unpaired) electrons. The molecule has 1 saturated heterocycles. The molecule has 11 amide bonds. The summed E-state index contributed by atoms with van der Waals surface area (Å²) in [5.41, 5.74) is 11.8. The molecule has 16 N–H and O–H groups in total. The van der Waals surface area contributed by atoms with Crippen molar-refractivity contribution in [3.8, 4) is 5.75 Å². The van der Waals surface area contributed by atoms with Gasteiger partial charge >= 0.3 is 11.9 Å². The van der Waals surface area contributed by atoms with E-state index in [9.17, 15) is 77.6 Å². The van der Waals surface area contributed by atoms with Gasteiger partial charge in [-0.05, 0) is 29.7 Å². The molecule has 78 heavy (non-hydrogen) atoms. The molecule has 2 aromatic carbocycles. The number of nitrogens with one attached hydrogen (secondary N) is 9. The second-order valence-corrected chi connectivity index (χ2v) is 18.6. The van der Waals surface area contributed by atoms with Gasteiger partial charge in [-0.2, -0.15) is 0 Å². The normalized spacial score (nSPS) is 24.9. The third-order valence-corrected chi connectivity index (χ3v) is 12.4. The minimum absolute atomic E-state index is 0.185. The van der Waals surface area contributed by atoms with Crippen LogP contribution in [0.1, 0.15) is 36.8 Å². The summed E-state index contributed by atoms with van der Waals surface area (Å²) in [7, 11) is 0. The second kappa shape index (κ2) is 31.4. The fraction of sp³-hybridized carbons (Fsp3) is 0.438. The lowest BCUT2D eigenvalue weighted by Crippen LogP contribution is -2.61. The highest BCUT2D eigenvalue weighted by Crippen LogP contribution is 2.13. The molecule has 29 nitrogen and oxygen atoms in total. The van der Waals surface area contributed by atoms with Crippen LogP contribution < -0.4 is 59.3 Å². The summed E-state index contributed by atoms with van der Waals surface area (Å²) in [5, 5.41) is 50.3. The smallest absolute Gasteiger partial charge is 0.305 e. The first-order chi connectivity index (χ1) is 37.1. The Morgan fingerprint density at radius 3 is 1.64 bits per heavy atom. The van der Waals surface area contributed by atoms with Gasteiger partial charge in [0.15, 0.2) is 0 Å². The number of benzene rings is 2. The monoisotopic (exact) mass is 1110 g/mol. The quantitative estimate of drug-likeness (QED) is 0.0695. The Bertz CT molecular complexity index is 2550. The molecule has 8 atom stereocenters. The minimum atomic E-state index is -2.06. The highest BCUT2D eigenvalue weighted by molar-refractivity contribution is 8.00. The SMILES string of the molecule is NC(=O)C[C@@H]1NC(=O)[C@H](CC(=O)O)NC(=O)[C@H](Cc2ccc(O)cc2)NC(=O)CNC(=O)[C@H](CCC(=O)O)NC(=O)[C@H](Cc2ccccc2)NC(=O)[C@@H]2COC/C=C/COC[C@H](NC1=O)C(=O)N[C@@H](C(N)=O)CSCC(=O)N2. The molecule has 1 fully saturated rings. The summed E-state index contributed by atoms with van der Waals surface area (Å²) >= 11 is 0.770. The van der Waals surface area contributed by atoms with Gasteiger partial charge in [-0.15, -0.1) is 11.8 Å². The molecule has 3 aliphatic rings. The number of carboxylic acids is 2. The van der Waals surface area contributed by atoms with Crippen molar-refractivity contribution in [2.45, 2.75) is 86.9 Å². The van der Waals surface area contributed by atoms with Crippen LogP contribution >= 0.6 is 11.8 Å². The number of primary amides is 2. The van der Waals surface area contributed by atoms with Crippen LogP contribution in [0.5, 0.6) is 5.75 Å². The largest absolute Gasteiger partial charge is 0.508 e. The predicted octanol–water partition coefficient (Wildman–Crippen LogP) is -5.78. The van der Waals surface area contributed by atoms with E-state index >= 15 is 0 Å². The Labute approximate surface area is 448 Å². The number of carbonyl (C=O) groups excluding carboxylic acids is 11. The number of phenols is 1. The van der Waals surface area contributed by atoms with Gasteiger partial charge in [-0.1, -0.05) is 54.6 Å². The van der Waals surface area contributed by atoms with E-state index < -0.39 is 183 Å². The molecule has 2 aromatic rings. The molecule has 0 unspecified atom stereocenters. The Kier molecular flexibility index (Phi) is 24.9. The number of nitrogens with two attached hydrogens (primary N) is 2. The highest BCUT2D eigenvalue weighted by atomic mass is 32.2. The van der Waals surface area contributed by atoms with Crippen LogP contribution in [0.15, 0.2) is 66.7 Å². The van der Waals surface area contributed by atoms with Crippen molar-refractivity contribution in [2.75, 3.05) is 44.5 Å². The lowest BCUT2D eigenvalue weighted by Gasteiger charge is -2.27. The van der Waals surface area contributed by atoms with Crippen molar-refractivity contribution in [1.82, 2.24) is 47.9 Å². The van der Waals surface area contributed by atoms with Crippen molar-refractivity contribution < 1.29 is 87.1 Å². The second-order valence-electron chi connectivity index (χ2n) is 17.5. The minimum Gasteiger partial charge on any atom is -0.508 e. The van der Waals surface area contributed by atoms with Gasteiger partial charge in [-0.25, -0.2) is 0 Å². The van der Waals surface area contributed by atoms with Gasteiger partial charge in [0, 0.05) is 25.0 Å². The van der Waals surface area contributed by atoms with E-state index in [0.717, 1.165) is 11.8 Å². The van der Waals surface area contributed by atoms with Crippen molar-refractivity contribution in [1.29, 1.82) is 0 Å². The number of fused-ring (bicyclic) bond motifs is 32. The third kappa shape index (κ3) is 21.9. The number of aliphatic carboxylic acids is 2. The van der Waals surface area contributed by atoms with E-state index in [1.807, 2.05) is 0 Å². The number of ether oxygens (including phenoxy) is 2. The Balaban J connectivity index is 1.81. The molecular formula is C48H61N11O18S. The van der Waals surface area contributed by atoms with E-state index in [0.29, 0.717) is 11.1 Å². The number of carbonyl (C=O) groups is 13. The molecule has 2 bridgehead atoms. The van der Waals surface area contributed by atoms with Crippen molar-refractivity contribution >= 4 is 88.7 Å². The average Bonchev–Trinajstić information content (AvgIpc) is 3.38. The molecule has 5 rings (SSSR count). The average molecular weight is 1110 g/mol. The summed E-state index contributed by atoms with van der Waals surface area (Å²) in [6, 6.07) is -0.259. The maximum Gasteiger partial charge on any atom is 0.305 e. The van der Waals surface area contributed by atoms with Gasteiger partial charge in [0.25, 0.3) is 0 Å². The summed E-state index contributed by atoms with van der Waals surface area (Å²) < 4.78 is 11.3. The van der Waals surface area contributed by atoms with Gasteiger partial charge in [0.2, 0.25) is 65.0 Å². The van der Waals surface area contributed by atoms with E-state index in [1.165, 1.54) is 36.4 Å². The van der Waals surface area contributed by atoms with Crippen molar-refractivity contribution in [3.05, 3.63) is 77.9 Å². The Hall–Kier alpha value is -8.64. The zero-order valence-corrected chi connectivity index (χ0v) is 42.5. The van der Waals surface area contributed by atoms with Crippen molar-refractivity contribution in [2.24, 2.45) is 11.5 Å². The molecule has 3 heterocycles. The molecule has 0 spiro atoms. The van der Waals surface area contributed by atoms with E-state index in [1.54, 1.807) is 30.3 Å². The van der Waals surface area contributed by atoms with Crippen LogP contribution in [-0.4, -0.2) is 185 Å². The van der Waals surface area contributed by atoms with Crippen molar-refractivity contribution in [3.63, 3.8) is 0 Å². The zero-order valence-electron chi connectivity index (χ0n) is 41.7. The number of phenolic OH excluding ortho intramolecular Hbond substituents is 1. The number of carboxylic acid groups (broad SMARTS) is 2. The van der Waals surface area contributed by atoms with Crippen LogP contribution in [0, 0.1) is 0 Å². The summed E-state index contributed by atoms with van der Waals surface area (Å²) in [5.74, 6) is -16.3. The fourth-order valence-electron chi connectivity index (χ4n) is 7.35. The number of thioether (sulfide) groups is 1. The van der Waals surface area contributed by atoms with Crippen LogP contribution in [0.3, 0.4) is 0 Å². The van der Waals surface area contributed by atoms with E-state index in [-0.39, 0.29) is 31.1 Å². The van der Waals surface area contributed by atoms with Crippen LogP contribution in [0.25, 0.3) is 0 Å². The zero-order chi connectivity index (χ0) is 57.3. The van der Waals surface area contributed by atoms with Gasteiger partial charge in [0.1, 0.15) is 54.1 Å². The number of hydrogen-bond acceptors (Lipinski definition) is 17. The third-order valence-electron chi connectivity index (χ3n) is 11.3. The molecular weight excluding hydrogens is 1050 g/mol. The summed E-state index contributed by atoms with van der Waals surface area (Å²) in [6.45, 7) is -2.55. The standard InChI is InChI=1S/C48H61N11O18S/c49-36(61)18-31-45(72)58-34-22-77-15-5-4-14-76-21-33(53-38(63)24-78-23-35(41(50)68)59-48(34)75)47(74)55-30(16-25-6-2-1-3-7-25)44(71)54-28(12-13-39(64)65)42(69)51-20-37(62)52-29(17-26-8-10-27(60)11-9-26)43(70)57-32(19-40(66)67)46(73)56-31/h1-11,28-35,60H,12-24H2,(H2,49,61)(H2,50,68)(H,51,69)(H,52,62)(H,53,63)(H,54,71)(H,55,74)(H,56,73)(H,57,70)(H,58,72)(H,59,75)(H,64,65)(H,66,67)/b5-4+/t28-,29-,30-,31-,32-,33-,34-,35+/m0/s1. The summed E-state index contributed by atoms with van der Waals surface area (Å²) in [6.07, 6.45) is -1.16. The number of amides is 11. The van der Waals surface area contributed by atoms with Gasteiger partial charge < -0.3 is 84.1 Å². The number of rotatable bonds is 12. The number of aromatic hydroxyl groups is 1. The Morgan fingerprint density at radius 2 is 1.06 bits per heavy atom. The van der Waals surface area contributed by atoms with E-state index in [2.05, 4.69) is 47.9 Å². The maximum absolute atomic E-state index is 14.2. The maximum atomic E-state index is 14.2.